The largest absolute Gasteiger partial charge is 0.334 e. The van der Waals surface area contributed by atoms with Crippen LogP contribution in [0.2, 0.25) is 0 Å². The predicted molar refractivity (Wildman–Crippen MR) is 158 cm³/mol. The molecule has 0 bridgehead atoms. The second-order valence-corrected chi connectivity index (χ2v) is 11.3. The van der Waals surface area contributed by atoms with Crippen LogP contribution < -0.4 is 10.6 Å². The third kappa shape index (κ3) is 5.87. The minimum atomic E-state index is -0.639. The smallest absolute Gasteiger partial charge is 0.240 e. The number of likely N-dealkylation sites (N-methyl/N-ethyl adjacent to an activating group) is 1. The maximum Gasteiger partial charge on any atom is 0.240 e. The van der Waals surface area contributed by atoms with Gasteiger partial charge < -0.3 is 15.5 Å². The highest BCUT2D eigenvalue weighted by atomic mass is 79.9. The lowest BCUT2D eigenvalue weighted by Gasteiger charge is -2.41. The molecular formula is C32H38BrN3O2. The number of aryl methyl sites for hydroxylation is 3. The fraction of sp³-hybridized carbons (Fsp3) is 0.375. The average Bonchev–Trinajstić information content (AvgIpc) is 2.87. The van der Waals surface area contributed by atoms with E-state index < -0.39 is 6.04 Å². The van der Waals surface area contributed by atoms with E-state index in [2.05, 4.69) is 73.1 Å². The van der Waals surface area contributed by atoms with Crippen molar-refractivity contribution in [3.05, 3.63) is 98.0 Å². The van der Waals surface area contributed by atoms with Crippen LogP contribution in [0.4, 0.5) is 5.69 Å². The van der Waals surface area contributed by atoms with Crippen molar-refractivity contribution < 1.29 is 9.59 Å². The van der Waals surface area contributed by atoms with E-state index in [-0.39, 0.29) is 17.9 Å². The van der Waals surface area contributed by atoms with E-state index in [9.17, 15) is 9.59 Å². The maximum absolute atomic E-state index is 13.9. The summed E-state index contributed by atoms with van der Waals surface area (Å²) in [6.07, 6.45) is 1.94. The highest BCUT2D eigenvalue weighted by Crippen LogP contribution is 2.43. The Kier molecular flexibility index (Phi) is 8.74. The molecule has 1 heterocycles. The van der Waals surface area contributed by atoms with Crippen LogP contribution >= 0.6 is 15.9 Å². The lowest BCUT2D eigenvalue weighted by atomic mass is 9.90. The Bertz CT molecular complexity index is 1320. The lowest BCUT2D eigenvalue weighted by molar-refractivity contribution is -0.135. The molecule has 4 rings (SSSR count). The van der Waals surface area contributed by atoms with Crippen molar-refractivity contribution in [3.8, 4) is 0 Å². The minimum Gasteiger partial charge on any atom is -0.334 e. The molecule has 2 atom stereocenters. The van der Waals surface area contributed by atoms with Crippen LogP contribution in [-0.2, 0) is 22.4 Å². The number of rotatable bonds is 7. The molecule has 5 nitrogen and oxygen atoms in total. The Morgan fingerprint density at radius 3 is 2.32 bits per heavy atom. The molecule has 2 unspecified atom stereocenters. The Balaban J connectivity index is 1.69. The second kappa shape index (κ2) is 11.8. The molecule has 200 valence electrons. The van der Waals surface area contributed by atoms with Gasteiger partial charge in [-0.2, -0.15) is 0 Å². The molecule has 0 aliphatic carbocycles. The zero-order valence-electron chi connectivity index (χ0n) is 23.1. The average molecular weight is 577 g/mol. The number of nitrogens with two attached hydrogens (primary N) is 1. The molecule has 0 spiro atoms. The van der Waals surface area contributed by atoms with Crippen molar-refractivity contribution in [2.75, 3.05) is 18.0 Å². The molecule has 1 aliphatic rings. The molecule has 2 N–H and O–H groups in total. The first-order chi connectivity index (χ1) is 18.1. The molecule has 0 saturated heterocycles. The second-order valence-electron chi connectivity index (χ2n) is 10.5. The van der Waals surface area contributed by atoms with Gasteiger partial charge >= 0.3 is 0 Å². The first kappa shape index (κ1) is 28.1. The Morgan fingerprint density at radius 2 is 1.71 bits per heavy atom. The van der Waals surface area contributed by atoms with Crippen LogP contribution in [-0.4, -0.2) is 35.8 Å². The van der Waals surface area contributed by atoms with Crippen molar-refractivity contribution in [2.24, 2.45) is 5.73 Å². The number of anilines is 1. The van der Waals surface area contributed by atoms with Crippen molar-refractivity contribution in [2.45, 2.75) is 66.0 Å². The van der Waals surface area contributed by atoms with Crippen LogP contribution in [0.15, 0.2) is 59.1 Å². The van der Waals surface area contributed by atoms with Crippen molar-refractivity contribution in [1.29, 1.82) is 0 Å². The van der Waals surface area contributed by atoms with Gasteiger partial charge in [0.25, 0.3) is 0 Å². The van der Waals surface area contributed by atoms with Crippen LogP contribution in [0.3, 0.4) is 0 Å². The topological polar surface area (TPSA) is 66.6 Å². The van der Waals surface area contributed by atoms with Crippen LogP contribution in [0.1, 0.15) is 65.3 Å². The van der Waals surface area contributed by atoms with Gasteiger partial charge in [0, 0.05) is 24.5 Å². The number of benzene rings is 3. The third-order valence-corrected chi connectivity index (χ3v) is 8.22. The van der Waals surface area contributed by atoms with Gasteiger partial charge in [0.2, 0.25) is 11.8 Å². The Labute approximate surface area is 235 Å². The van der Waals surface area contributed by atoms with Gasteiger partial charge in [0.05, 0.1) is 17.8 Å². The van der Waals surface area contributed by atoms with Gasteiger partial charge in [-0.05, 0) is 102 Å². The molecule has 3 aromatic carbocycles. The van der Waals surface area contributed by atoms with E-state index in [0.29, 0.717) is 25.9 Å². The summed E-state index contributed by atoms with van der Waals surface area (Å²) in [5, 5.41) is 0. The molecule has 3 aromatic rings. The standard InChI is InChI=1S/C32H38BrN3O2/c1-6-35(32(38)29(34)19-26-21(3)14-20(2)15-22(26)4)30-12-13-36(23(5)37)31-27(30)17-25(18-28(31)33)16-24-10-8-7-9-11-24/h7-11,14-15,17-18,29-30H,6,12-13,16,19,34H2,1-5H3. The molecule has 6 heteroatoms. The highest BCUT2D eigenvalue weighted by molar-refractivity contribution is 9.10. The zero-order chi connectivity index (χ0) is 27.6. The third-order valence-electron chi connectivity index (χ3n) is 7.62. The number of amides is 2. The first-order valence-electron chi connectivity index (χ1n) is 13.4. The maximum atomic E-state index is 13.9. The monoisotopic (exact) mass is 575 g/mol. The Hall–Kier alpha value is -2.96. The molecule has 2 amide bonds. The van der Waals surface area contributed by atoms with Crippen molar-refractivity contribution in [3.63, 3.8) is 0 Å². The minimum absolute atomic E-state index is 0.00222. The van der Waals surface area contributed by atoms with Gasteiger partial charge in [-0.25, -0.2) is 0 Å². The molecule has 0 saturated carbocycles. The number of hydrogen-bond acceptors (Lipinski definition) is 3. The van der Waals surface area contributed by atoms with E-state index >= 15 is 0 Å². The number of halogens is 1. The molecule has 1 aliphatic heterocycles. The molecule has 0 radical (unpaired) electrons. The fourth-order valence-corrected chi connectivity index (χ4v) is 6.63. The molecule has 0 aromatic heterocycles. The highest BCUT2D eigenvalue weighted by Gasteiger charge is 2.36. The summed E-state index contributed by atoms with van der Waals surface area (Å²) in [6, 6.07) is 18.1. The molecular weight excluding hydrogens is 538 g/mol. The quantitative estimate of drug-likeness (QED) is 0.365. The van der Waals surface area contributed by atoms with Crippen molar-refractivity contribution >= 4 is 33.4 Å². The summed E-state index contributed by atoms with van der Waals surface area (Å²) in [5.74, 6) is -0.0544. The number of fused-ring (bicyclic) bond motifs is 1. The van der Waals surface area contributed by atoms with Gasteiger partial charge in [-0.1, -0.05) is 54.1 Å². The summed E-state index contributed by atoms with van der Waals surface area (Å²) < 4.78 is 0.875. The number of hydrogen-bond donors (Lipinski definition) is 1. The normalized spacial score (nSPS) is 15.7. The molecule has 0 fully saturated rings. The van der Waals surface area contributed by atoms with E-state index in [0.717, 1.165) is 33.3 Å². The van der Waals surface area contributed by atoms with Gasteiger partial charge in [0.15, 0.2) is 0 Å². The van der Waals surface area contributed by atoms with E-state index in [4.69, 9.17) is 5.73 Å². The summed E-state index contributed by atoms with van der Waals surface area (Å²) in [6.45, 7) is 11.0. The first-order valence-corrected chi connectivity index (χ1v) is 14.2. The van der Waals surface area contributed by atoms with Crippen LogP contribution in [0.25, 0.3) is 0 Å². The van der Waals surface area contributed by atoms with Crippen molar-refractivity contribution in [1.82, 2.24) is 4.90 Å². The number of nitrogens with zero attached hydrogens (tertiary/aromatic N) is 2. The summed E-state index contributed by atoms with van der Waals surface area (Å²) >= 11 is 3.76. The van der Waals surface area contributed by atoms with Crippen LogP contribution in [0, 0.1) is 20.8 Å². The summed E-state index contributed by atoms with van der Waals surface area (Å²) in [7, 11) is 0. The van der Waals surface area contributed by atoms with Gasteiger partial charge in [-0.3, -0.25) is 9.59 Å². The van der Waals surface area contributed by atoms with Gasteiger partial charge in [0.1, 0.15) is 0 Å². The lowest BCUT2D eigenvalue weighted by Crippen LogP contribution is -2.49. The predicted octanol–water partition coefficient (Wildman–Crippen LogP) is 6.18. The zero-order valence-corrected chi connectivity index (χ0v) is 24.6. The SMILES string of the molecule is CCN(C(=O)C(N)Cc1c(C)cc(C)cc1C)C1CCN(C(C)=O)c2c(Br)cc(Cc3ccccc3)cc21. The summed E-state index contributed by atoms with van der Waals surface area (Å²) in [4.78, 5) is 30.2. The number of carbonyl (C=O) groups excluding carboxylic acids is 2. The molecule has 38 heavy (non-hydrogen) atoms. The Morgan fingerprint density at radius 1 is 1.05 bits per heavy atom. The van der Waals surface area contributed by atoms with Gasteiger partial charge in [-0.15, -0.1) is 0 Å². The van der Waals surface area contributed by atoms with E-state index in [1.807, 2.05) is 34.9 Å². The van der Waals surface area contributed by atoms with E-state index in [1.165, 1.54) is 22.3 Å². The van der Waals surface area contributed by atoms with Crippen LogP contribution in [0.5, 0.6) is 0 Å². The number of carbonyl (C=O) groups is 2. The van der Waals surface area contributed by atoms with E-state index in [1.54, 1.807) is 6.92 Å². The fourth-order valence-electron chi connectivity index (χ4n) is 5.89. The summed E-state index contributed by atoms with van der Waals surface area (Å²) in [5.41, 5.74) is 15.5.